The van der Waals surface area contributed by atoms with Gasteiger partial charge in [0.2, 0.25) is 0 Å². The van der Waals surface area contributed by atoms with E-state index in [1.54, 1.807) is 13.2 Å². The highest BCUT2D eigenvalue weighted by molar-refractivity contribution is 9.10. The van der Waals surface area contributed by atoms with Crippen LogP contribution < -0.4 is 10.5 Å². The molecule has 21 heavy (non-hydrogen) atoms. The fourth-order valence-corrected chi connectivity index (χ4v) is 2.55. The lowest BCUT2D eigenvalue weighted by atomic mass is 9.99. The summed E-state index contributed by atoms with van der Waals surface area (Å²) in [6.07, 6.45) is 2.25. The van der Waals surface area contributed by atoms with Crippen molar-refractivity contribution >= 4 is 15.9 Å². The summed E-state index contributed by atoms with van der Waals surface area (Å²) in [5.41, 5.74) is 7.99. The molecule has 0 aromatic heterocycles. The van der Waals surface area contributed by atoms with Crippen molar-refractivity contribution in [1.29, 1.82) is 0 Å². The smallest absolute Gasteiger partial charge is 0.127 e. The van der Waals surface area contributed by atoms with Gasteiger partial charge in [0.1, 0.15) is 11.6 Å². The van der Waals surface area contributed by atoms with E-state index in [1.165, 1.54) is 11.6 Å². The van der Waals surface area contributed by atoms with Crippen molar-refractivity contribution in [3.8, 4) is 5.75 Å². The maximum atomic E-state index is 13.8. The van der Waals surface area contributed by atoms with Crippen LogP contribution in [0.15, 0.2) is 46.9 Å². The molecule has 0 saturated carbocycles. The standard InChI is InChI=1S/C17H19BrFNO/c1-21-16-8-3-12(4-9-16)2-7-15(20)10-13-5-6-14(18)11-17(13)19/h3-6,8-9,11,15H,2,7,10,20H2,1H3. The van der Waals surface area contributed by atoms with Gasteiger partial charge >= 0.3 is 0 Å². The molecule has 0 spiro atoms. The van der Waals surface area contributed by atoms with Crippen molar-refractivity contribution in [2.45, 2.75) is 25.3 Å². The van der Waals surface area contributed by atoms with E-state index in [9.17, 15) is 4.39 Å². The van der Waals surface area contributed by atoms with Crippen molar-refractivity contribution in [2.24, 2.45) is 5.73 Å². The molecule has 2 aromatic carbocycles. The summed E-state index contributed by atoms with van der Waals surface area (Å²) in [6, 6.07) is 13.0. The first-order valence-corrected chi connectivity index (χ1v) is 7.70. The number of halogens is 2. The van der Waals surface area contributed by atoms with Gasteiger partial charge < -0.3 is 10.5 Å². The highest BCUT2D eigenvalue weighted by Gasteiger charge is 2.09. The predicted octanol–water partition coefficient (Wildman–Crippen LogP) is 4.10. The molecule has 1 unspecified atom stereocenters. The minimum Gasteiger partial charge on any atom is -0.497 e. The summed E-state index contributed by atoms with van der Waals surface area (Å²) < 4.78 is 19.6. The van der Waals surface area contributed by atoms with Crippen LogP contribution in [0.1, 0.15) is 17.5 Å². The summed E-state index contributed by atoms with van der Waals surface area (Å²) >= 11 is 3.25. The van der Waals surface area contributed by atoms with E-state index in [2.05, 4.69) is 15.9 Å². The molecule has 0 aliphatic rings. The Hall–Kier alpha value is -1.39. The van der Waals surface area contributed by atoms with Crippen LogP contribution >= 0.6 is 15.9 Å². The quantitative estimate of drug-likeness (QED) is 0.850. The minimum absolute atomic E-state index is 0.0530. The molecule has 0 amide bonds. The third-order valence-electron chi connectivity index (χ3n) is 3.46. The maximum absolute atomic E-state index is 13.8. The van der Waals surface area contributed by atoms with Gasteiger partial charge in [-0.05, 0) is 54.7 Å². The third kappa shape index (κ3) is 4.83. The van der Waals surface area contributed by atoms with Crippen LogP contribution in [0, 0.1) is 5.82 Å². The van der Waals surface area contributed by atoms with E-state index in [0.29, 0.717) is 12.0 Å². The molecular weight excluding hydrogens is 333 g/mol. The van der Waals surface area contributed by atoms with Crippen LogP contribution in [0.3, 0.4) is 0 Å². The van der Waals surface area contributed by atoms with E-state index in [1.807, 2.05) is 30.3 Å². The fourth-order valence-electron chi connectivity index (χ4n) is 2.22. The van der Waals surface area contributed by atoms with Crippen LogP contribution in [0.25, 0.3) is 0 Å². The van der Waals surface area contributed by atoms with Crippen molar-refractivity contribution in [1.82, 2.24) is 0 Å². The van der Waals surface area contributed by atoms with Crippen molar-refractivity contribution < 1.29 is 9.13 Å². The van der Waals surface area contributed by atoms with Crippen molar-refractivity contribution in [3.05, 3.63) is 63.9 Å². The highest BCUT2D eigenvalue weighted by Crippen LogP contribution is 2.18. The van der Waals surface area contributed by atoms with Gasteiger partial charge in [-0.2, -0.15) is 0 Å². The molecule has 2 rings (SSSR count). The van der Waals surface area contributed by atoms with Crippen LogP contribution in [0.4, 0.5) is 4.39 Å². The lowest BCUT2D eigenvalue weighted by molar-refractivity contribution is 0.414. The molecule has 0 radical (unpaired) electrons. The average molecular weight is 352 g/mol. The number of benzene rings is 2. The molecule has 2 N–H and O–H groups in total. The molecule has 1 atom stereocenters. The van der Waals surface area contributed by atoms with E-state index in [0.717, 1.165) is 23.1 Å². The summed E-state index contributed by atoms with van der Waals surface area (Å²) in [5.74, 6) is 0.643. The number of methoxy groups -OCH3 is 1. The van der Waals surface area contributed by atoms with Gasteiger partial charge in [-0.1, -0.05) is 34.1 Å². The fraction of sp³-hybridized carbons (Fsp3) is 0.294. The second kappa shape index (κ2) is 7.57. The predicted molar refractivity (Wildman–Crippen MR) is 87.1 cm³/mol. The monoisotopic (exact) mass is 351 g/mol. The number of ether oxygens (including phenoxy) is 1. The third-order valence-corrected chi connectivity index (χ3v) is 3.95. The second-order valence-corrected chi connectivity index (χ2v) is 6.00. The van der Waals surface area contributed by atoms with Crippen LogP contribution in [-0.2, 0) is 12.8 Å². The molecule has 0 saturated heterocycles. The van der Waals surface area contributed by atoms with Gasteiger partial charge in [0.15, 0.2) is 0 Å². The summed E-state index contributed by atoms with van der Waals surface area (Å²) in [6.45, 7) is 0. The number of nitrogens with two attached hydrogens (primary N) is 1. The second-order valence-electron chi connectivity index (χ2n) is 5.09. The van der Waals surface area contributed by atoms with Crippen LogP contribution in [0.2, 0.25) is 0 Å². The molecule has 0 fully saturated rings. The van der Waals surface area contributed by atoms with Crippen LogP contribution in [-0.4, -0.2) is 13.2 Å². The first-order chi connectivity index (χ1) is 10.1. The number of aryl methyl sites for hydroxylation is 1. The number of hydrogen-bond acceptors (Lipinski definition) is 2. The summed E-state index contributed by atoms with van der Waals surface area (Å²) in [5, 5.41) is 0. The van der Waals surface area contributed by atoms with Gasteiger partial charge in [0.25, 0.3) is 0 Å². The first-order valence-electron chi connectivity index (χ1n) is 6.91. The van der Waals surface area contributed by atoms with Gasteiger partial charge in [0, 0.05) is 10.5 Å². The molecule has 0 aliphatic heterocycles. The minimum atomic E-state index is -0.204. The first kappa shape index (κ1) is 16.0. The number of hydrogen-bond donors (Lipinski definition) is 1. The maximum Gasteiger partial charge on any atom is 0.127 e. The zero-order valence-electron chi connectivity index (χ0n) is 12.0. The topological polar surface area (TPSA) is 35.2 Å². The summed E-state index contributed by atoms with van der Waals surface area (Å²) in [4.78, 5) is 0. The molecule has 112 valence electrons. The number of rotatable bonds is 6. The van der Waals surface area contributed by atoms with Crippen molar-refractivity contribution in [3.63, 3.8) is 0 Å². The summed E-state index contributed by atoms with van der Waals surface area (Å²) in [7, 11) is 1.65. The lowest BCUT2D eigenvalue weighted by Gasteiger charge is -2.12. The molecule has 4 heteroatoms. The van der Waals surface area contributed by atoms with E-state index in [4.69, 9.17) is 10.5 Å². The Labute approximate surface area is 133 Å². The SMILES string of the molecule is COc1ccc(CCC(N)Cc2ccc(Br)cc2F)cc1. The Bertz CT molecular complexity index is 586. The molecular formula is C17H19BrFNO. The molecule has 0 heterocycles. The normalized spacial score (nSPS) is 12.2. The highest BCUT2D eigenvalue weighted by atomic mass is 79.9. The molecule has 0 bridgehead atoms. The zero-order valence-corrected chi connectivity index (χ0v) is 13.6. The molecule has 2 aromatic rings. The Morgan fingerprint density at radius 2 is 1.90 bits per heavy atom. The Morgan fingerprint density at radius 3 is 2.52 bits per heavy atom. The molecule has 2 nitrogen and oxygen atoms in total. The average Bonchev–Trinajstić information content (AvgIpc) is 2.48. The largest absolute Gasteiger partial charge is 0.497 e. The Morgan fingerprint density at radius 1 is 1.19 bits per heavy atom. The van der Waals surface area contributed by atoms with E-state index in [-0.39, 0.29) is 11.9 Å². The van der Waals surface area contributed by atoms with Gasteiger partial charge in [-0.3, -0.25) is 0 Å². The Kier molecular flexibility index (Phi) is 5.76. The van der Waals surface area contributed by atoms with Crippen molar-refractivity contribution in [2.75, 3.05) is 7.11 Å². The van der Waals surface area contributed by atoms with Crippen LogP contribution in [0.5, 0.6) is 5.75 Å². The van der Waals surface area contributed by atoms with Gasteiger partial charge in [0.05, 0.1) is 7.11 Å². The van der Waals surface area contributed by atoms with E-state index < -0.39 is 0 Å². The molecule has 0 aliphatic carbocycles. The van der Waals surface area contributed by atoms with Gasteiger partial charge in [-0.15, -0.1) is 0 Å². The van der Waals surface area contributed by atoms with Gasteiger partial charge in [-0.25, -0.2) is 4.39 Å². The zero-order chi connectivity index (χ0) is 15.2. The van der Waals surface area contributed by atoms with E-state index >= 15 is 0 Å². The Balaban J connectivity index is 1.87. The lowest BCUT2D eigenvalue weighted by Crippen LogP contribution is -2.24.